The molecule has 0 atom stereocenters. The molecule has 5 heteroatoms. The van der Waals surface area contributed by atoms with Gasteiger partial charge in [-0.25, -0.2) is 0 Å². The summed E-state index contributed by atoms with van der Waals surface area (Å²) >= 11 is 0. The lowest BCUT2D eigenvalue weighted by Crippen LogP contribution is -2.27. The molecule has 0 radical (unpaired) electrons. The zero-order valence-corrected chi connectivity index (χ0v) is 8.14. The second kappa shape index (κ2) is 3.37. The van der Waals surface area contributed by atoms with Gasteiger partial charge in [0.2, 0.25) is 0 Å². The van der Waals surface area contributed by atoms with Crippen LogP contribution in [-0.4, -0.2) is 19.1 Å². The van der Waals surface area contributed by atoms with Crippen molar-refractivity contribution in [3.8, 4) is 0 Å². The van der Waals surface area contributed by atoms with Gasteiger partial charge < -0.3 is 0 Å². The summed E-state index contributed by atoms with van der Waals surface area (Å²) in [6, 6.07) is 0. The molecule has 0 aliphatic heterocycles. The number of rotatable bonds is 2. The normalized spacial score (nSPS) is 12.6. The molecule has 0 saturated carbocycles. The molecule has 0 fully saturated rings. The fourth-order valence-corrected chi connectivity index (χ4v) is 1.42. The van der Waals surface area contributed by atoms with E-state index in [0.29, 0.717) is 6.08 Å². The number of carbonyl (C=O) groups excluding carboxylic acids is 1. The molecule has 0 aromatic heterocycles. The molecule has 12 heavy (non-hydrogen) atoms. The van der Waals surface area contributed by atoms with Crippen molar-refractivity contribution in [1.29, 1.82) is 0 Å². The highest BCUT2D eigenvalue weighted by molar-refractivity contribution is 8.02. The van der Waals surface area contributed by atoms with Crippen LogP contribution in [0.1, 0.15) is 20.8 Å². The van der Waals surface area contributed by atoms with E-state index in [4.69, 9.17) is 0 Å². The van der Waals surface area contributed by atoms with E-state index in [0.717, 1.165) is 0 Å². The van der Waals surface area contributed by atoms with Crippen molar-refractivity contribution in [2.45, 2.75) is 26.4 Å². The SMILES string of the molecule is C=CC(=O)S(=O)(=O)OC(C)(C)C. The topological polar surface area (TPSA) is 60.4 Å². The van der Waals surface area contributed by atoms with E-state index in [1.807, 2.05) is 0 Å². The van der Waals surface area contributed by atoms with Crippen LogP contribution >= 0.6 is 0 Å². The maximum Gasteiger partial charge on any atom is 0.335 e. The van der Waals surface area contributed by atoms with Crippen LogP contribution < -0.4 is 0 Å². The molecule has 0 amide bonds. The molecule has 0 spiro atoms. The van der Waals surface area contributed by atoms with Gasteiger partial charge in [-0.15, -0.1) is 0 Å². The Bertz CT molecular complexity index is 281. The fraction of sp³-hybridized carbons (Fsp3) is 0.571. The van der Waals surface area contributed by atoms with Crippen molar-refractivity contribution < 1.29 is 17.4 Å². The zero-order valence-electron chi connectivity index (χ0n) is 7.33. The largest absolute Gasteiger partial charge is 0.335 e. The van der Waals surface area contributed by atoms with E-state index in [1.165, 1.54) is 0 Å². The molecular formula is C7H12O4S. The van der Waals surface area contributed by atoms with Gasteiger partial charge in [-0.05, 0) is 26.8 Å². The van der Waals surface area contributed by atoms with Crippen molar-refractivity contribution in [3.63, 3.8) is 0 Å². The predicted molar refractivity (Wildman–Crippen MR) is 45.0 cm³/mol. The van der Waals surface area contributed by atoms with Crippen molar-refractivity contribution in [3.05, 3.63) is 12.7 Å². The van der Waals surface area contributed by atoms with Crippen molar-refractivity contribution in [1.82, 2.24) is 0 Å². The van der Waals surface area contributed by atoms with E-state index in [2.05, 4.69) is 10.8 Å². The fourth-order valence-electron chi connectivity index (χ4n) is 0.472. The molecular weight excluding hydrogens is 180 g/mol. The highest BCUT2D eigenvalue weighted by atomic mass is 32.2. The lowest BCUT2D eigenvalue weighted by molar-refractivity contribution is -0.108. The molecule has 0 heterocycles. The van der Waals surface area contributed by atoms with Crippen molar-refractivity contribution >= 4 is 15.2 Å². The molecule has 0 rings (SSSR count). The Morgan fingerprint density at radius 3 is 2.08 bits per heavy atom. The van der Waals surface area contributed by atoms with Gasteiger partial charge in [-0.2, -0.15) is 8.42 Å². The molecule has 70 valence electrons. The van der Waals surface area contributed by atoms with Gasteiger partial charge in [-0.3, -0.25) is 8.98 Å². The first-order chi connectivity index (χ1) is 5.19. The summed E-state index contributed by atoms with van der Waals surface area (Å²) in [5, 5.41) is -1.11. The monoisotopic (exact) mass is 192 g/mol. The Morgan fingerprint density at radius 1 is 1.42 bits per heavy atom. The Labute approximate surface area is 72.3 Å². The summed E-state index contributed by atoms with van der Waals surface area (Å²) in [4.78, 5) is 10.7. The maximum atomic E-state index is 10.9. The standard InChI is InChI=1S/C7H12O4S/c1-5-6(8)12(9,10)11-7(2,3)4/h5H,1H2,2-4H3. The van der Waals surface area contributed by atoms with Gasteiger partial charge >= 0.3 is 10.1 Å². The minimum atomic E-state index is -4.12. The van der Waals surface area contributed by atoms with Gasteiger partial charge in [0.05, 0.1) is 5.60 Å². The predicted octanol–water partition coefficient (Wildman–Crippen LogP) is 0.844. The van der Waals surface area contributed by atoms with Gasteiger partial charge in [0.1, 0.15) is 0 Å². The summed E-state index contributed by atoms with van der Waals surface area (Å²) in [7, 11) is -4.12. The Hall–Kier alpha value is -0.680. The first kappa shape index (κ1) is 11.3. The summed E-state index contributed by atoms with van der Waals surface area (Å²) in [5.74, 6) is 0. The van der Waals surface area contributed by atoms with Crippen LogP contribution in [0.15, 0.2) is 12.7 Å². The minimum absolute atomic E-state index is 0.709. The first-order valence-electron chi connectivity index (χ1n) is 3.31. The number of carbonyl (C=O) groups is 1. The minimum Gasteiger partial charge on any atom is -0.274 e. The van der Waals surface area contributed by atoms with E-state index in [9.17, 15) is 13.2 Å². The zero-order chi connectivity index (χ0) is 9.99. The van der Waals surface area contributed by atoms with E-state index in [1.54, 1.807) is 20.8 Å². The highest BCUT2D eigenvalue weighted by Crippen LogP contribution is 2.12. The van der Waals surface area contributed by atoms with Gasteiger partial charge in [0, 0.05) is 0 Å². The third kappa shape index (κ3) is 3.64. The molecule has 0 saturated heterocycles. The molecule has 4 nitrogen and oxygen atoms in total. The van der Waals surface area contributed by atoms with Crippen LogP contribution in [-0.2, 0) is 19.1 Å². The summed E-state index contributed by atoms with van der Waals surface area (Å²) in [6.07, 6.45) is 0.709. The Balaban J connectivity index is 4.68. The summed E-state index contributed by atoms with van der Waals surface area (Å²) in [6.45, 7) is 7.68. The molecule has 0 aromatic rings. The second-order valence-corrected chi connectivity index (χ2v) is 4.65. The average molecular weight is 192 g/mol. The van der Waals surface area contributed by atoms with Gasteiger partial charge in [0.15, 0.2) is 0 Å². The van der Waals surface area contributed by atoms with Crippen LogP contribution in [0.25, 0.3) is 0 Å². The molecule has 0 unspecified atom stereocenters. The first-order valence-corrected chi connectivity index (χ1v) is 4.72. The maximum absolute atomic E-state index is 10.9. The molecule has 0 aromatic carbocycles. The summed E-state index contributed by atoms with van der Waals surface area (Å²) in [5.41, 5.74) is -0.891. The lowest BCUT2D eigenvalue weighted by atomic mass is 10.2. The van der Waals surface area contributed by atoms with E-state index < -0.39 is 20.8 Å². The van der Waals surface area contributed by atoms with E-state index >= 15 is 0 Å². The Morgan fingerprint density at radius 2 is 1.83 bits per heavy atom. The van der Waals surface area contributed by atoms with Crippen molar-refractivity contribution in [2.75, 3.05) is 0 Å². The quantitative estimate of drug-likeness (QED) is 0.480. The van der Waals surface area contributed by atoms with Crippen LogP contribution in [0.3, 0.4) is 0 Å². The molecule has 0 aliphatic carbocycles. The highest BCUT2D eigenvalue weighted by Gasteiger charge is 2.26. The van der Waals surface area contributed by atoms with Gasteiger partial charge in [-0.1, -0.05) is 6.58 Å². The molecule has 0 bridgehead atoms. The molecule has 0 N–H and O–H groups in total. The van der Waals surface area contributed by atoms with Gasteiger partial charge in [0.25, 0.3) is 5.12 Å². The van der Waals surface area contributed by atoms with Crippen LogP contribution in [0, 0.1) is 0 Å². The number of hydrogen-bond acceptors (Lipinski definition) is 4. The number of hydrogen-bond donors (Lipinski definition) is 0. The summed E-state index contributed by atoms with van der Waals surface area (Å²) < 4.78 is 26.4. The third-order valence-electron chi connectivity index (χ3n) is 0.773. The average Bonchev–Trinajstić information content (AvgIpc) is 1.80. The molecule has 0 aliphatic rings. The van der Waals surface area contributed by atoms with Crippen LogP contribution in [0.5, 0.6) is 0 Å². The second-order valence-electron chi connectivity index (χ2n) is 3.17. The smallest absolute Gasteiger partial charge is 0.274 e. The van der Waals surface area contributed by atoms with Crippen molar-refractivity contribution in [2.24, 2.45) is 0 Å². The van der Waals surface area contributed by atoms with Crippen LogP contribution in [0.2, 0.25) is 0 Å². The van der Waals surface area contributed by atoms with E-state index in [-0.39, 0.29) is 0 Å². The van der Waals surface area contributed by atoms with Crippen LogP contribution in [0.4, 0.5) is 0 Å². The lowest BCUT2D eigenvalue weighted by Gasteiger charge is -2.16. The Kier molecular flexibility index (Phi) is 3.17. The third-order valence-corrected chi connectivity index (χ3v) is 2.15.